The summed E-state index contributed by atoms with van der Waals surface area (Å²) in [6.07, 6.45) is 1.88. The molecule has 5 heteroatoms. The maximum atomic E-state index is 12.8. The third-order valence-corrected chi connectivity index (χ3v) is 3.53. The van der Waals surface area contributed by atoms with Crippen LogP contribution in [0.3, 0.4) is 0 Å². The van der Waals surface area contributed by atoms with E-state index in [4.69, 9.17) is 9.84 Å². The van der Waals surface area contributed by atoms with E-state index < -0.39 is 5.97 Å². The summed E-state index contributed by atoms with van der Waals surface area (Å²) in [5.41, 5.74) is -0.223. The number of carboxylic acid groups (broad SMARTS) is 1. The van der Waals surface area contributed by atoms with Gasteiger partial charge in [0.05, 0.1) is 17.5 Å². The molecule has 0 atom stereocenters. The minimum Gasteiger partial charge on any atom is -0.492 e. The second-order valence-electron chi connectivity index (χ2n) is 4.43. The molecule has 1 aromatic carbocycles. The average molecular weight is 303 g/mol. The van der Waals surface area contributed by atoms with Gasteiger partial charge in [0.25, 0.3) is 0 Å². The zero-order valence-corrected chi connectivity index (χ0v) is 10.7. The first kappa shape index (κ1) is 12.4. The molecular formula is C12H12BrFO3. The maximum Gasteiger partial charge on any atom is 0.304 e. The predicted octanol–water partition coefficient (Wildman–Crippen LogP) is 3.22. The molecule has 1 aromatic rings. The molecule has 0 bridgehead atoms. The van der Waals surface area contributed by atoms with Crippen LogP contribution in [-0.4, -0.2) is 17.7 Å². The van der Waals surface area contributed by atoms with Gasteiger partial charge in [0.15, 0.2) is 0 Å². The average Bonchev–Trinajstić information content (AvgIpc) is 2.96. The third kappa shape index (κ3) is 3.19. The van der Waals surface area contributed by atoms with Gasteiger partial charge in [-0.25, -0.2) is 4.39 Å². The first-order valence-electron chi connectivity index (χ1n) is 5.30. The smallest absolute Gasteiger partial charge is 0.304 e. The van der Waals surface area contributed by atoms with Gasteiger partial charge < -0.3 is 9.84 Å². The molecule has 0 saturated heterocycles. The molecule has 1 aliphatic rings. The Morgan fingerprint density at radius 3 is 2.76 bits per heavy atom. The molecule has 1 N–H and O–H groups in total. The molecule has 0 aliphatic heterocycles. The lowest BCUT2D eigenvalue weighted by atomic mass is 10.0. The zero-order valence-electron chi connectivity index (χ0n) is 9.08. The molecule has 0 unspecified atom stereocenters. The van der Waals surface area contributed by atoms with Crippen LogP contribution in [-0.2, 0) is 4.79 Å². The lowest BCUT2D eigenvalue weighted by molar-refractivity contribution is -0.138. The van der Waals surface area contributed by atoms with E-state index in [1.165, 1.54) is 18.2 Å². The molecule has 0 aromatic heterocycles. The van der Waals surface area contributed by atoms with Crippen molar-refractivity contribution in [3.05, 3.63) is 28.5 Å². The summed E-state index contributed by atoms with van der Waals surface area (Å²) < 4.78 is 18.9. The highest BCUT2D eigenvalue weighted by Gasteiger charge is 2.45. The molecule has 0 radical (unpaired) electrons. The van der Waals surface area contributed by atoms with Crippen LogP contribution in [0.1, 0.15) is 19.3 Å². The molecular weight excluding hydrogens is 291 g/mol. The normalized spacial score (nSPS) is 16.6. The number of carboxylic acids is 1. The summed E-state index contributed by atoms with van der Waals surface area (Å²) in [5, 5.41) is 8.76. The van der Waals surface area contributed by atoms with Crippen molar-refractivity contribution in [2.45, 2.75) is 19.3 Å². The Balaban J connectivity index is 1.96. The van der Waals surface area contributed by atoms with Gasteiger partial charge in [-0.3, -0.25) is 4.79 Å². The van der Waals surface area contributed by atoms with E-state index in [1.54, 1.807) is 0 Å². The Morgan fingerprint density at radius 1 is 1.53 bits per heavy atom. The standard InChI is InChI=1S/C12H12BrFO3/c13-9-5-8(14)1-2-10(9)17-7-12(3-4-12)6-11(15)16/h1-2,5H,3-4,6-7H2,(H,15,16). The predicted molar refractivity (Wildman–Crippen MR) is 63.5 cm³/mol. The SMILES string of the molecule is O=C(O)CC1(COc2ccc(F)cc2Br)CC1. The Kier molecular flexibility index (Phi) is 3.38. The molecule has 1 aliphatic carbocycles. The summed E-state index contributed by atoms with van der Waals surface area (Å²) in [6.45, 7) is 0.365. The quantitative estimate of drug-likeness (QED) is 0.908. The van der Waals surface area contributed by atoms with E-state index in [0.29, 0.717) is 16.8 Å². The van der Waals surface area contributed by atoms with Crippen molar-refractivity contribution in [1.82, 2.24) is 0 Å². The summed E-state index contributed by atoms with van der Waals surface area (Å²) in [7, 11) is 0. The molecule has 1 fully saturated rings. The van der Waals surface area contributed by atoms with Gasteiger partial charge in [-0.1, -0.05) is 0 Å². The van der Waals surface area contributed by atoms with Crippen LogP contribution in [0, 0.1) is 11.2 Å². The summed E-state index contributed by atoms with van der Waals surface area (Å²) >= 11 is 3.20. The van der Waals surface area contributed by atoms with Crippen molar-refractivity contribution in [3.63, 3.8) is 0 Å². The van der Waals surface area contributed by atoms with Gasteiger partial charge in [0.2, 0.25) is 0 Å². The first-order valence-corrected chi connectivity index (χ1v) is 6.10. The van der Waals surface area contributed by atoms with E-state index in [0.717, 1.165) is 12.8 Å². The lowest BCUT2D eigenvalue weighted by Crippen LogP contribution is -2.17. The van der Waals surface area contributed by atoms with Crippen molar-refractivity contribution in [3.8, 4) is 5.75 Å². The molecule has 3 nitrogen and oxygen atoms in total. The largest absolute Gasteiger partial charge is 0.492 e. The number of ether oxygens (including phenoxy) is 1. The second-order valence-corrected chi connectivity index (χ2v) is 5.29. The van der Waals surface area contributed by atoms with Crippen LogP contribution in [0.25, 0.3) is 0 Å². The molecule has 0 amide bonds. The van der Waals surface area contributed by atoms with E-state index >= 15 is 0 Å². The van der Waals surface area contributed by atoms with E-state index in [-0.39, 0.29) is 17.7 Å². The monoisotopic (exact) mass is 302 g/mol. The highest BCUT2D eigenvalue weighted by atomic mass is 79.9. The fourth-order valence-electron chi connectivity index (χ4n) is 1.69. The van der Waals surface area contributed by atoms with Gasteiger partial charge >= 0.3 is 5.97 Å². The summed E-state index contributed by atoms with van der Waals surface area (Å²) in [6, 6.07) is 4.18. The Morgan fingerprint density at radius 2 is 2.24 bits per heavy atom. The van der Waals surface area contributed by atoms with Crippen molar-refractivity contribution >= 4 is 21.9 Å². The Hall–Kier alpha value is -1.10. The number of hydrogen-bond acceptors (Lipinski definition) is 2. The van der Waals surface area contributed by atoms with Crippen molar-refractivity contribution in [2.75, 3.05) is 6.61 Å². The second kappa shape index (κ2) is 4.64. The zero-order chi connectivity index (χ0) is 12.5. The van der Waals surface area contributed by atoms with Crippen LogP contribution in [0.2, 0.25) is 0 Å². The van der Waals surface area contributed by atoms with Crippen molar-refractivity contribution in [1.29, 1.82) is 0 Å². The van der Waals surface area contributed by atoms with Gasteiger partial charge in [-0.2, -0.15) is 0 Å². The minimum atomic E-state index is -0.802. The highest BCUT2D eigenvalue weighted by Crippen LogP contribution is 2.49. The van der Waals surface area contributed by atoms with Gasteiger partial charge in [0.1, 0.15) is 11.6 Å². The number of halogens is 2. The topological polar surface area (TPSA) is 46.5 Å². The number of benzene rings is 1. The lowest BCUT2D eigenvalue weighted by Gasteiger charge is -2.14. The molecule has 0 spiro atoms. The molecule has 92 valence electrons. The van der Waals surface area contributed by atoms with Crippen molar-refractivity contribution < 1.29 is 19.0 Å². The van der Waals surface area contributed by atoms with E-state index in [2.05, 4.69) is 15.9 Å². The summed E-state index contributed by atoms with van der Waals surface area (Å²) in [4.78, 5) is 10.7. The minimum absolute atomic E-state index is 0.131. The number of aliphatic carboxylic acids is 1. The van der Waals surface area contributed by atoms with E-state index in [1.807, 2.05) is 0 Å². The number of rotatable bonds is 5. The van der Waals surface area contributed by atoms with Gasteiger partial charge in [-0.15, -0.1) is 0 Å². The molecule has 1 saturated carbocycles. The molecule has 0 heterocycles. The number of carbonyl (C=O) groups is 1. The molecule has 17 heavy (non-hydrogen) atoms. The summed E-state index contributed by atoms with van der Waals surface area (Å²) in [5.74, 6) is -0.594. The fourth-order valence-corrected chi connectivity index (χ4v) is 2.16. The van der Waals surface area contributed by atoms with Gasteiger partial charge in [-0.05, 0) is 47.0 Å². The van der Waals surface area contributed by atoms with Crippen LogP contribution in [0.5, 0.6) is 5.75 Å². The Bertz CT molecular complexity index is 443. The van der Waals surface area contributed by atoms with Gasteiger partial charge in [0, 0.05) is 5.41 Å². The number of hydrogen-bond donors (Lipinski definition) is 1. The van der Waals surface area contributed by atoms with Crippen LogP contribution in [0.15, 0.2) is 22.7 Å². The highest BCUT2D eigenvalue weighted by molar-refractivity contribution is 9.10. The Labute approximate surface area is 107 Å². The van der Waals surface area contributed by atoms with Crippen LogP contribution in [0.4, 0.5) is 4.39 Å². The maximum absolute atomic E-state index is 12.8. The van der Waals surface area contributed by atoms with Crippen LogP contribution < -0.4 is 4.74 Å². The first-order chi connectivity index (χ1) is 8.01. The molecule has 2 rings (SSSR count). The van der Waals surface area contributed by atoms with Crippen LogP contribution >= 0.6 is 15.9 Å². The fraction of sp³-hybridized carbons (Fsp3) is 0.417. The van der Waals surface area contributed by atoms with E-state index in [9.17, 15) is 9.18 Å². The third-order valence-electron chi connectivity index (χ3n) is 2.91. The van der Waals surface area contributed by atoms with Crippen molar-refractivity contribution in [2.24, 2.45) is 5.41 Å².